The summed E-state index contributed by atoms with van der Waals surface area (Å²) in [6.07, 6.45) is 20.9. The number of fused-ring (bicyclic) bond motifs is 2. The van der Waals surface area contributed by atoms with E-state index < -0.39 is 21.1 Å². The molecular weight excluding hydrogens is 1360 g/mol. The average Bonchev–Trinajstić information content (AvgIpc) is 1.59. The molecule has 5 aromatic carbocycles. The van der Waals surface area contributed by atoms with Gasteiger partial charge in [0, 0.05) is 108 Å². The molecule has 6 aromatic heterocycles. The van der Waals surface area contributed by atoms with Crippen molar-refractivity contribution in [2.24, 2.45) is 33.4 Å². The van der Waals surface area contributed by atoms with Crippen LogP contribution in [-0.2, 0) is 28.2 Å². The summed E-state index contributed by atoms with van der Waals surface area (Å²) in [7, 11) is 14.7. The van der Waals surface area contributed by atoms with Crippen molar-refractivity contribution in [2.75, 3.05) is 71.2 Å². The predicted molar refractivity (Wildman–Crippen MR) is 368 cm³/mol. The van der Waals surface area contributed by atoms with Crippen LogP contribution in [0.25, 0.3) is 66.6 Å². The SMILES string of the molecule is C#CCC1(O)CCN(C(=O)Nc2nc3c(-c4cnn(C)c4)ccc(OC)c3[nH]2)CC1.COc1ccc(-c2c[nH][n+](C)c2)c(N=O)c1[N+](=O)[O-].COc1ccc(-c2cnn(C)c2)c(N)c1N.COc1ccc(-c2cnn(C)c2)c2nc(N)[nH]c12.COc1ccc(Br)c([NH+]=O)c1[N+](=O)[O-].[OH-].[OH-]. The summed E-state index contributed by atoms with van der Waals surface area (Å²) in [6, 6.07) is 16.9. The minimum absolute atomic E-state index is 0. The van der Waals surface area contributed by atoms with E-state index in [4.69, 9.17) is 47.3 Å². The van der Waals surface area contributed by atoms with Gasteiger partial charge in [0.25, 0.3) is 0 Å². The summed E-state index contributed by atoms with van der Waals surface area (Å²) in [4.78, 5) is 71.2. The molecule has 12 rings (SSSR count). The normalized spacial score (nSPS) is 11.8. The molecule has 7 heterocycles. The molecule has 0 bridgehead atoms. The number of nitrogens with two attached hydrogens (primary N) is 3. The van der Waals surface area contributed by atoms with E-state index in [1.807, 2.05) is 70.1 Å². The number of nitrogens with zero attached hydrogens (tertiary/aromatic N) is 13. The molecule has 36 nitrogen and oxygen atoms in total. The van der Waals surface area contributed by atoms with Gasteiger partial charge in [-0.1, -0.05) is 0 Å². The highest BCUT2D eigenvalue weighted by molar-refractivity contribution is 9.10. The highest BCUT2D eigenvalue weighted by Crippen LogP contribution is 2.44. The molecular formula is C62H70BrN21O15. The summed E-state index contributed by atoms with van der Waals surface area (Å²) in [5.41, 5.74) is 26.0. The number of piperidine rings is 1. The summed E-state index contributed by atoms with van der Waals surface area (Å²) < 4.78 is 32.6. The Bertz CT molecular complexity index is 4730. The number of halogens is 1. The van der Waals surface area contributed by atoms with Crippen LogP contribution in [0.5, 0.6) is 28.7 Å². The van der Waals surface area contributed by atoms with Gasteiger partial charge in [-0.25, -0.2) is 14.8 Å². The predicted octanol–water partition coefficient (Wildman–Crippen LogP) is 7.48. The van der Waals surface area contributed by atoms with E-state index in [1.165, 1.54) is 37.6 Å². The number of hydrogen-bond acceptors (Lipinski definition) is 24. The lowest BCUT2D eigenvalue weighted by Gasteiger charge is -2.36. The fourth-order valence-corrected chi connectivity index (χ4v) is 10.6. The van der Waals surface area contributed by atoms with E-state index in [0.717, 1.165) is 50.2 Å². The van der Waals surface area contributed by atoms with E-state index >= 15 is 0 Å². The quantitative estimate of drug-likeness (QED) is 0.0120. The number of rotatable bonds is 15. The first kappa shape index (κ1) is 75.5. The third-order valence-electron chi connectivity index (χ3n) is 15.1. The molecule has 1 fully saturated rings. The molecule has 1 saturated heterocycles. The number of likely N-dealkylation sites (tertiary alicyclic amines) is 1. The van der Waals surface area contributed by atoms with Gasteiger partial charge in [0.15, 0.2) is 24.4 Å². The van der Waals surface area contributed by atoms with Crippen LogP contribution in [0.1, 0.15) is 19.3 Å². The fraction of sp³-hybridized carbons (Fsp3) is 0.242. The number of benzene rings is 5. The summed E-state index contributed by atoms with van der Waals surface area (Å²) >= 11 is 3.02. The third kappa shape index (κ3) is 17.1. The van der Waals surface area contributed by atoms with Gasteiger partial charge in [-0.3, -0.25) is 39.6 Å². The molecule has 0 spiro atoms. The van der Waals surface area contributed by atoms with Crippen LogP contribution in [0.4, 0.5) is 50.8 Å². The maximum Gasteiger partial charge on any atom is 0.386 e. The Morgan fingerprint density at radius 2 is 1.18 bits per heavy atom. The summed E-state index contributed by atoms with van der Waals surface area (Å²) in [5, 5.41) is 54.6. The van der Waals surface area contributed by atoms with Crippen LogP contribution < -0.4 is 56.1 Å². The molecule has 11 aromatic rings. The number of carbonyl (C=O) groups excluding carboxylic acids is 1. The van der Waals surface area contributed by atoms with Crippen LogP contribution in [0, 0.1) is 42.4 Å². The van der Waals surface area contributed by atoms with Gasteiger partial charge < -0.3 is 71.8 Å². The lowest BCUT2D eigenvalue weighted by atomic mass is 9.89. The molecule has 1 aliphatic rings. The highest BCUT2D eigenvalue weighted by atomic mass is 79.9. The van der Waals surface area contributed by atoms with Crippen molar-refractivity contribution in [1.29, 1.82) is 0 Å². The third-order valence-corrected chi connectivity index (χ3v) is 15.8. The van der Waals surface area contributed by atoms with Gasteiger partial charge in [0.1, 0.15) is 43.8 Å². The number of nitro benzene ring substituents is 2. The zero-order valence-corrected chi connectivity index (χ0v) is 56.3. The van der Waals surface area contributed by atoms with Crippen LogP contribution in [0.3, 0.4) is 0 Å². The summed E-state index contributed by atoms with van der Waals surface area (Å²) in [6.45, 7) is 0.850. The van der Waals surface area contributed by atoms with Gasteiger partial charge in [0.2, 0.25) is 17.9 Å². The maximum absolute atomic E-state index is 12.7. The number of terminal acetylenes is 1. The zero-order chi connectivity index (χ0) is 70.4. The molecule has 2 amide bonds. The van der Waals surface area contributed by atoms with E-state index in [1.54, 1.807) is 95.1 Å². The number of ether oxygens (including phenoxy) is 5. The lowest BCUT2D eigenvalue weighted by Crippen LogP contribution is -2.56. The number of aliphatic hydroxyl groups is 1. The lowest BCUT2D eigenvalue weighted by molar-refractivity contribution is -0.726. The molecule has 0 saturated carbocycles. The Kier molecular flexibility index (Phi) is 25.3. The number of nitrogen functional groups attached to an aromatic ring is 3. The number of urea groups is 1. The van der Waals surface area contributed by atoms with Gasteiger partial charge >= 0.3 is 23.1 Å². The zero-order valence-electron chi connectivity index (χ0n) is 54.7. The monoisotopic (exact) mass is 1430 g/mol. The number of amides is 2. The van der Waals surface area contributed by atoms with Crippen molar-refractivity contribution in [2.45, 2.75) is 24.9 Å². The van der Waals surface area contributed by atoms with Crippen molar-refractivity contribution in [3.63, 3.8) is 0 Å². The van der Waals surface area contributed by atoms with Crippen molar-refractivity contribution in [3.05, 3.63) is 145 Å². The number of aromatic nitrogens is 12. The van der Waals surface area contributed by atoms with Gasteiger partial charge in [0.05, 0.1) is 92.7 Å². The van der Waals surface area contributed by atoms with Crippen molar-refractivity contribution in [3.8, 4) is 85.6 Å². The number of methoxy groups -OCH3 is 5. The minimum Gasteiger partial charge on any atom is -0.870 e. The smallest absolute Gasteiger partial charge is 0.386 e. The van der Waals surface area contributed by atoms with Crippen LogP contribution in [0.15, 0.2) is 120 Å². The highest BCUT2D eigenvalue weighted by Gasteiger charge is 2.34. The second kappa shape index (κ2) is 33.2. The second-order valence-electron chi connectivity index (χ2n) is 21.3. The first-order valence-corrected chi connectivity index (χ1v) is 29.7. The first-order chi connectivity index (χ1) is 46.4. The molecule has 0 unspecified atom stereocenters. The number of anilines is 4. The number of nitro groups is 2. The van der Waals surface area contributed by atoms with Crippen molar-refractivity contribution >= 4 is 90.0 Å². The topological polar surface area (TPSA) is 514 Å². The van der Waals surface area contributed by atoms with Crippen LogP contribution >= 0.6 is 15.9 Å². The average molecular weight is 1430 g/mol. The molecule has 0 radical (unpaired) electrons. The molecule has 0 aliphatic carbocycles. The number of nitroso groups, excluding NO2 is 2. The number of imidazole rings is 2. The number of aryl methyl sites for hydroxylation is 4. The molecule has 37 heteroatoms. The molecule has 520 valence electrons. The molecule has 99 heavy (non-hydrogen) atoms. The molecule has 0 atom stereocenters. The van der Waals surface area contributed by atoms with Crippen LogP contribution in [-0.4, -0.2) is 145 Å². The van der Waals surface area contributed by atoms with Crippen LogP contribution in [0.2, 0.25) is 0 Å². The van der Waals surface area contributed by atoms with E-state index in [2.05, 4.69) is 72.7 Å². The van der Waals surface area contributed by atoms with E-state index in [-0.39, 0.29) is 45.5 Å². The van der Waals surface area contributed by atoms with E-state index in [9.17, 15) is 39.9 Å². The van der Waals surface area contributed by atoms with Gasteiger partial charge in [-0.05, 0) is 94.6 Å². The Hall–Kier alpha value is -12.5. The molecule has 14 N–H and O–H groups in total. The minimum atomic E-state index is -0.892. The fourth-order valence-electron chi connectivity index (χ4n) is 10.2. The number of aromatic amines is 3. The Morgan fingerprint density at radius 3 is 1.65 bits per heavy atom. The largest absolute Gasteiger partial charge is 0.870 e. The maximum atomic E-state index is 12.7. The number of nitrogens with one attached hydrogen (secondary N) is 5. The Morgan fingerprint density at radius 1 is 0.717 bits per heavy atom. The van der Waals surface area contributed by atoms with Crippen molar-refractivity contribution in [1.82, 2.24) is 59.3 Å². The van der Waals surface area contributed by atoms with Gasteiger partial charge in [-0.2, -0.15) is 20.4 Å². The standard InChI is InChI=1S/C21H24N6O3.C12H13N5O.C11H10N4O4.C11H14N4O.C7H5BrN2O4.2H2O/c1-4-7-21(29)8-10-27(11-9-21)20(28)25-19-23-17-15(14-12-22-26(2)13-14)5-6-16(30-3)18(17)24-19;1-17-6-7(5-14-17)8-3-4-9(18-2)11-10(8)15-12(13)16-11;1-14-6-7(5-12-14)8-3-4-9(19-2)11(15(17)18)10(8)13-16;1-15-6-7(5-14-15)8-3-4-9(16-2)11(13)10(8)12;1-14-5-3-2-4(8)6(9-11)7(5)10(12)13;;/h1,5-6,12-13,29H,7-11H2,2-3H3,(H2,23,24,25,28);3-6H,1-2H3,(H3,13,15,16);3-6H,1-2H3;3-6H,12-13H2,1-2H3;2-3H,1H3;2*1H2. The van der Waals surface area contributed by atoms with E-state index in [0.29, 0.717) is 93.8 Å². The number of hydrogen-bond donors (Lipinski definition) is 9. The second-order valence-corrected chi connectivity index (χ2v) is 22.2. The van der Waals surface area contributed by atoms with Gasteiger partial charge in [-0.15, -0.1) is 21.9 Å². The Balaban J connectivity index is 0.000000200. The first-order valence-electron chi connectivity index (χ1n) is 28.9. The number of H-pyrrole nitrogens is 3. The summed E-state index contributed by atoms with van der Waals surface area (Å²) in [5.74, 6) is 5.19. The van der Waals surface area contributed by atoms with Crippen molar-refractivity contribution < 1.29 is 64.2 Å². The Labute approximate surface area is 571 Å². The number of carbonyl (C=O) groups is 1. The molecule has 1 aliphatic heterocycles.